The van der Waals surface area contributed by atoms with Crippen LogP contribution in [0.25, 0.3) is 0 Å². The topological polar surface area (TPSA) is 140 Å². The minimum atomic E-state index is -3.60. The number of hydrogen-bond donors (Lipinski definition) is 1. The fourth-order valence-electron chi connectivity index (χ4n) is 2.58. The Morgan fingerprint density at radius 2 is 1.39 bits per heavy atom. The van der Waals surface area contributed by atoms with E-state index in [1.165, 1.54) is 12.1 Å². The van der Waals surface area contributed by atoms with Gasteiger partial charge >= 0.3 is 5.97 Å². The summed E-state index contributed by atoms with van der Waals surface area (Å²) in [5, 5.41) is 8.92. The van der Waals surface area contributed by atoms with Gasteiger partial charge in [0.15, 0.2) is 0 Å². The van der Waals surface area contributed by atoms with Crippen molar-refractivity contribution < 1.29 is 35.1 Å². The molecule has 182 valence electrons. The van der Waals surface area contributed by atoms with Gasteiger partial charge in [0.2, 0.25) is 0 Å². The highest BCUT2D eigenvalue weighted by Crippen LogP contribution is 2.17. The summed E-state index contributed by atoms with van der Waals surface area (Å²) >= 11 is 0. The van der Waals surface area contributed by atoms with E-state index in [-0.39, 0.29) is 44.3 Å². The number of aromatic carboxylic acids is 1. The van der Waals surface area contributed by atoms with Gasteiger partial charge in [-0.05, 0) is 42.0 Å². The van der Waals surface area contributed by atoms with Gasteiger partial charge in [-0.15, -0.1) is 12.4 Å². The molecule has 0 radical (unpaired) electrons. The standard InChI is InChI=1S/C20H24N2O8S2.ClH/c1-31(25,26)29-13-11-22(12-14-30-32(2,27)28)19-9-3-16(4-10-19)15-21-18-7-5-17(6-8-18)20(23)24;/h3-10,15H,11-14H2,1-2H3,(H,23,24);1H. The number of carbonyl (C=O) groups is 1. The Balaban J connectivity index is 0.00000544. The quantitative estimate of drug-likeness (QED) is 0.329. The molecule has 2 rings (SSSR count). The van der Waals surface area contributed by atoms with Gasteiger partial charge in [0.25, 0.3) is 20.2 Å². The van der Waals surface area contributed by atoms with Crippen LogP contribution in [0.4, 0.5) is 11.4 Å². The van der Waals surface area contributed by atoms with Crippen molar-refractivity contribution >= 4 is 56.2 Å². The first-order valence-electron chi connectivity index (χ1n) is 9.34. The fourth-order valence-corrected chi connectivity index (χ4v) is 3.33. The Morgan fingerprint density at radius 1 is 0.909 bits per heavy atom. The third-order valence-electron chi connectivity index (χ3n) is 4.05. The normalized spacial score (nSPS) is 11.8. The molecule has 0 saturated heterocycles. The van der Waals surface area contributed by atoms with E-state index in [4.69, 9.17) is 13.5 Å². The summed E-state index contributed by atoms with van der Waals surface area (Å²) < 4.78 is 54.3. The lowest BCUT2D eigenvalue weighted by atomic mass is 10.2. The highest BCUT2D eigenvalue weighted by atomic mass is 35.5. The first kappa shape index (κ1) is 28.5. The molecule has 0 atom stereocenters. The van der Waals surface area contributed by atoms with E-state index in [2.05, 4.69) is 4.99 Å². The molecule has 0 heterocycles. The molecule has 0 amide bonds. The first-order chi connectivity index (χ1) is 14.9. The predicted octanol–water partition coefficient (Wildman–Crippen LogP) is 2.32. The van der Waals surface area contributed by atoms with E-state index in [1.54, 1.807) is 47.5 Å². The van der Waals surface area contributed by atoms with Gasteiger partial charge in [0, 0.05) is 25.0 Å². The van der Waals surface area contributed by atoms with E-state index in [1.807, 2.05) is 0 Å². The van der Waals surface area contributed by atoms with Crippen LogP contribution in [0.15, 0.2) is 53.5 Å². The van der Waals surface area contributed by atoms with Crippen LogP contribution in [0, 0.1) is 0 Å². The minimum Gasteiger partial charge on any atom is -0.478 e. The molecule has 0 aliphatic heterocycles. The lowest BCUT2D eigenvalue weighted by Crippen LogP contribution is -2.32. The van der Waals surface area contributed by atoms with Crippen LogP contribution in [-0.4, -0.2) is 72.9 Å². The highest BCUT2D eigenvalue weighted by molar-refractivity contribution is 7.86. The Bertz CT molecular complexity index is 1110. The van der Waals surface area contributed by atoms with Crippen molar-refractivity contribution in [3.63, 3.8) is 0 Å². The summed E-state index contributed by atoms with van der Waals surface area (Å²) in [6, 6.07) is 13.2. The van der Waals surface area contributed by atoms with Crippen LogP contribution in [0.5, 0.6) is 0 Å². The van der Waals surface area contributed by atoms with E-state index >= 15 is 0 Å². The van der Waals surface area contributed by atoms with E-state index in [9.17, 15) is 21.6 Å². The summed E-state index contributed by atoms with van der Waals surface area (Å²) in [4.78, 5) is 16.9. The minimum absolute atomic E-state index is 0. The Labute approximate surface area is 199 Å². The number of rotatable bonds is 12. The average molecular weight is 521 g/mol. The zero-order valence-corrected chi connectivity index (χ0v) is 20.4. The second kappa shape index (κ2) is 12.7. The molecule has 0 spiro atoms. The summed E-state index contributed by atoms with van der Waals surface area (Å²) in [5.41, 5.74) is 2.25. The van der Waals surface area contributed by atoms with Crippen LogP contribution < -0.4 is 4.90 Å². The lowest BCUT2D eigenvalue weighted by molar-refractivity contribution is 0.0697. The van der Waals surface area contributed by atoms with E-state index < -0.39 is 26.2 Å². The van der Waals surface area contributed by atoms with E-state index in [0.29, 0.717) is 11.4 Å². The predicted molar refractivity (Wildman–Crippen MR) is 128 cm³/mol. The van der Waals surface area contributed by atoms with Crippen molar-refractivity contribution in [1.82, 2.24) is 0 Å². The number of halogens is 1. The summed E-state index contributed by atoms with van der Waals surface area (Å²) in [5.74, 6) is -1.01. The van der Waals surface area contributed by atoms with Crippen molar-refractivity contribution in [2.75, 3.05) is 43.7 Å². The average Bonchev–Trinajstić information content (AvgIpc) is 2.70. The summed E-state index contributed by atoms with van der Waals surface area (Å²) in [6.07, 6.45) is 3.52. The third-order valence-corrected chi connectivity index (χ3v) is 5.24. The molecule has 1 N–H and O–H groups in total. The number of nitrogens with zero attached hydrogens (tertiary/aromatic N) is 2. The first-order valence-corrected chi connectivity index (χ1v) is 13.0. The molecule has 0 unspecified atom stereocenters. The molecule has 0 fully saturated rings. The van der Waals surface area contributed by atoms with Crippen LogP contribution in [0.2, 0.25) is 0 Å². The summed E-state index contributed by atoms with van der Waals surface area (Å²) in [6.45, 7) is 0.188. The molecular weight excluding hydrogens is 496 g/mol. The van der Waals surface area contributed by atoms with Crippen molar-refractivity contribution in [3.8, 4) is 0 Å². The lowest BCUT2D eigenvalue weighted by Gasteiger charge is -2.24. The third kappa shape index (κ3) is 11.3. The van der Waals surface area contributed by atoms with E-state index in [0.717, 1.165) is 18.1 Å². The van der Waals surface area contributed by atoms with Gasteiger partial charge in [-0.1, -0.05) is 12.1 Å². The maximum Gasteiger partial charge on any atom is 0.335 e. The van der Waals surface area contributed by atoms with Crippen molar-refractivity contribution in [3.05, 3.63) is 59.7 Å². The van der Waals surface area contributed by atoms with Crippen LogP contribution >= 0.6 is 12.4 Å². The van der Waals surface area contributed by atoms with Gasteiger partial charge in [-0.2, -0.15) is 16.8 Å². The highest BCUT2D eigenvalue weighted by Gasteiger charge is 2.11. The monoisotopic (exact) mass is 520 g/mol. The number of hydrogen-bond acceptors (Lipinski definition) is 9. The number of carboxylic acids is 1. The summed E-state index contributed by atoms with van der Waals surface area (Å²) in [7, 11) is -7.19. The molecule has 0 aliphatic rings. The molecule has 0 aliphatic carbocycles. The smallest absolute Gasteiger partial charge is 0.335 e. The second-order valence-corrected chi connectivity index (χ2v) is 10.0. The van der Waals surface area contributed by atoms with Crippen LogP contribution in [-0.2, 0) is 28.6 Å². The molecule has 0 saturated carbocycles. The molecule has 2 aromatic rings. The zero-order chi connectivity index (χ0) is 23.8. The largest absolute Gasteiger partial charge is 0.478 e. The van der Waals surface area contributed by atoms with Crippen LogP contribution in [0.1, 0.15) is 15.9 Å². The van der Waals surface area contributed by atoms with Crippen molar-refractivity contribution in [2.24, 2.45) is 4.99 Å². The van der Waals surface area contributed by atoms with Gasteiger partial charge in [-0.3, -0.25) is 13.4 Å². The molecule has 0 bridgehead atoms. The van der Waals surface area contributed by atoms with Crippen molar-refractivity contribution in [2.45, 2.75) is 0 Å². The molecular formula is C20H25ClN2O8S2. The molecule has 33 heavy (non-hydrogen) atoms. The Kier molecular flexibility index (Phi) is 10.9. The molecule has 2 aromatic carbocycles. The van der Waals surface area contributed by atoms with Gasteiger partial charge in [-0.25, -0.2) is 4.79 Å². The molecule has 13 heteroatoms. The molecule has 10 nitrogen and oxygen atoms in total. The zero-order valence-electron chi connectivity index (χ0n) is 17.9. The number of benzene rings is 2. The SMILES string of the molecule is CS(=O)(=O)OCCN(CCOS(C)(=O)=O)c1ccc(C=Nc2ccc(C(=O)O)cc2)cc1.Cl. The maximum absolute atomic E-state index is 11.2. The van der Waals surface area contributed by atoms with Crippen molar-refractivity contribution in [1.29, 1.82) is 0 Å². The van der Waals surface area contributed by atoms with Gasteiger partial charge in [0.05, 0.1) is 37.0 Å². The second-order valence-electron chi connectivity index (χ2n) is 6.74. The van der Waals surface area contributed by atoms with Crippen LogP contribution in [0.3, 0.4) is 0 Å². The number of aliphatic imine (C=N–C) groups is 1. The Morgan fingerprint density at radius 3 is 1.82 bits per heavy atom. The fraction of sp³-hybridized carbons (Fsp3) is 0.300. The Hall–Kier alpha value is -2.51. The maximum atomic E-state index is 11.2. The number of anilines is 1. The van der Waals surface area contributed by atoms with Gasteiger partial charge in [0.1, 0.15) is 0 Å². The molecule has 0 aromatic heterocycles. The van der Waals surface area contributed by atoms with Gasteiger partial charge < -0.3 is 10.0 Å². The number of carboxylic acid groups (broad SMARTS) is 1.